The fourth-order valence-corrected chi connectivity index (χ4v) is 2.60. The molecule has 2 heteroatoms. The van der Waals surface area contributed by atoms with Gasteiger partial charge in [0.15, 0.2) is 0 Å². The number of nitrogens with zero attached hydrogens (tertiary/aromatic N) is 1. The van der Waals surface area contributed by atoms with E-state index in [1.807, 2.05) is 0 Å². The van der Waals surface area contributed by atoms with Crippen molar-refractivity contribution in [1.82, 2.24) is 0 Å². The molecule has 2 aliphatic rings. The zero-order chi connectivity index (χ0) is 8.89. The fourth-order valence-electron chi connectivity index (χ4n) is 2.24. The van der Waals surface area contributed by atoms with E-state index in [-0.39, 0.29) is 0 Å². The normalized spacial score (nSPS) is 21.6. The van der Waals surface area contributed by atoms with Gasteiger partial charge >= 0.3 is 0 Å². The molecule has 0 bridgehead atoms. The van der Waals surface area contributed by atoms with Gasteiger partial charge in [0.2, 0.25) is 0 Å². The molecule has 1 nitrogen and oxygen atoms in total. The van der Waals surface area contributed by atoms with Gasteiger partial charge in [-0.2, -0.15) is 0 Å². The first kappa shape index (κ1) is 7.74. The second-order valence-electron chi connectivity index (χ2n) is 3.93. The van der Waals surface area contributed by atoms with Crippen molar-refractivity contribution in [3.8, 4) is 0 Å². The Morgan fingerprint density at radius 2 is 2.15 bits per heavy atom. The Labute approximate surface area is 86.0 Å². The van der Waals surface area contributed by atoms with Gasteiger partial charge in [0.25, 0.3) is 0 Å². The van der Waals surface area contributed by atoms with Crippen LogP contribution >= 0.6 is 15.9 Å². The van der Waals surface area contributed by atoms with Gasteiger partial charge in [0.05, 0.1) is 5.69 Å². The standard InChI is InChI=1S/C11H10BrN/c12-8-2-3-10-9(6-8)11(7-13-10)4-1-5-11/h2-3,6-7H,1,4-5H2. The average molecular weight is 236 g/mol. The molecule has 0 saturated heterocycles. The number of hydrogen-bond acceptors (Lipinski definition) is 1. The Morgan fingerprint density at radius 3 is 2.85 bits per heavy atom. The van der Waals surface area contributed by atoms with Crippen molar-refractivity contribution in [3.05, 3.63) is 28.2 Å². The molecule has 13 heavy (non-hydrogen) atoms. The highest BCUT2D eigenvalue weighted by Crippen LogP contribution is 2.50. The second-order valence-corrected chi connectivity index (χ2v) is 4.85. The quantitative estimate of drug-likeness (QED) is 0.652. The number of rotatable bonds is 0. The van der Waals surface area contributed by atoms with Crippen molar-refractivity contribution in [2.45, 2.75) is 24.7 Å². The molecule has 0 unspecified atom stereocenters. The lowest BCUT2D eigenvalue weighted by Gasteiger charge is -2.36. The molecule has 1 spiro atoms. The molecule has 1 saturated carbocycles. The third-order valence-corrected chi connectivity index (χ3v) is 3.68. The van der Waals surface area contributed by atoms with Crippen LogP contribution < -0.4 is 0 Å². The monoisotopic (exact) mass is 235 g/mol. The van der Waals surface area contributed by atoms with Crippen molar-refractivity contribution in [1.29, 1.82) is 0 Å². The second kappa shape index (κ2) is 2.44. The van der Waals surface area contributed by atoms with Crippen LogP contribution in [0.2, 0.25) is 0 Å². The molecule has 1 aliphatic heterocycles. The molecular weight excluding hydrogens is 226 g/mol. The van der Waals surface area contributed by atoms with Gasteiger partial charge in [-0.15, -0.1) is 0 Å². The topological polar surface area (TPSA) is 12.4 Å². The average Bonchev–Trinajstić information content (AvgIpc) is 2.41. The van der Waals surface area contributed by atoms with E-state index in [1.54, 1.807) is 0 Å². The predicted octanol–water partition coefficient (Wildman–Crippen LogP) is 3.59. The number of aliphatic imine (C=N–C) groups is 1. The maximum Gasteiger partial charge on any atom is 0.0668 e. The van der Waals surface area contributed by atoms with Gasteiger partial charge in [-0.05, 0) is 36.6 Å². The highest BCUT2D eigenvalue weighted by molar-refractivity contribution is 9.10. The summed E-state index contributed by atoms with van der Waals surface area (Å²) < 4.78 is 1.17. The molecule has 0 amide bonds. The summed E-state index contributed by atoms with van der Waals surface area (Å²) in [4.78, 5) is 4.47. The van der Waals surface area contributed by atoms with Gasteiger partial charge in [-0.1, -0.05) is 22.4 Å². The summed E-state index contributed by atoms with van der Waals surface area (Å²) in [5, 5.41) is 0. The van der Waals surface area contributed by atoms with Crippen LogP contribution in [0.3, 0.4) is 0 Å². The molecule has 1 fully saturated rings. The smallest absolute Gasteiger partial charge is 0.0668 e. The van der Waals surface area contributed by atoms with Crippen LogP contribution in [0, 0.1) is 0 Å². The van der Waals surface area contributed by atoms with E-state index in [1.165, 1.54) is 35.0 Å². The van der Waals surface area contributed by atoms with E-state index in [9.17, 15) is 0 Å². The lowest BCUT2D eigenvalue weighted by molar-refractivity contribution is 0.354. The van der Waals surface area contributed by atoms with Gasteiger partial charge < -0.3 is 0 Å². The molecule has 1 aromatic carbocycles. The van der Waals surface area contributed by atoms with Crippen molar-refractivity contribution in [2.24, 2.45) is 4.99 Å². The van der Waals surface area contributed by atoms with E-state index in [4.69, 9.17) is 0 Å². The molecule has 3 rings (SSSR count). The van der Waals surface area contributed by atoms with Crippen molar-refractivity contribution < 1.29 is 0 Å². The maximum atomic E-state index is 4.47. The summed E-state index contributed by atoms with van der Waals surface area (Å²) in [7, 11) is 0. The van der Waals surface area contributed by atoms with Gasteiger partial charge in [0.1, 0.15) is 0 Å². The van der Waals surface area contributed by atoms with Crippen LogP contribution in [0.4, 0.5) is 5.69 Å². The summed E-state index contributed by atoms with van der Waals surface area (Å²) >= 11 is 3.51. The minimum Gasteiger partial charge on any atom is -0.260 e. The lowest BCUT2D eigenvalue weighted by Crippen LogP contribution is -2.33. The summed E-state index contributed by atoms with van der Waals surface area (Å²) in [6.07, 6.45) is 6.05. The molecule has 1 heterocycles. The molecular formula is C11H10BrN. The van der Waals surface area contributed by atoms with E-state index in [2.05, 4.69) is 45.3 Å². The highest BCUT2D eigenvalue weighted by Gasteiger charge is 2.41. The molecule has 66 valence electrons. The van der Waals surface area contributed by atoms with Crippen LogP contribution in [-0.4, -0.2) is 6.21 Å². The third kappa shape index (κ3) is 0.953. The fraction of sp³-hybridized carbons (Fsp3) is 0.364. The zero-order valence-corrected chi connectivity index (χ0v) is 8.84. The molecule has 0 N–H and O–H groups in total. The molecule has 1 aliphatic carbocycles. The van der Waals surface area contributed by atoms with Crippen LogP contribution in [0.15, 0.2) is 27.7 Å². The predicted molar refractivity (Wildman–Crippen MR) is 57.8 cm³/mol. The number of hydrogen-bond donors (Lipinski definition) is 0. The maximum absolute atomic E-state index is 4.47. The minimum absolute atomic E-state index is 0.319. The largest absolute Gasteiger partial charge is 0.260 e. The summed E-state index contributed by atoms with van der Waals surface area (Å²) in [5.41, 5.74) is 2.91. The van der Waals surface area contributed by atoms with E-state index < -0.39 is 0 Å². The number of halogens is 1. The van der Waals surface area contributed by atoms with E-state index >= 15 is 0 Å². The van der Waals surface area contributed by atoms with Crippen molar-refractivity contribution in [2.75, 3.05) is 0 Å². The van der Waals surface area contributed by atoms with Crippen LogP contribution in [0.25, 0.3) is 0 Å². The first-order valence-electron chi connectivity index (χ1n) is 4.65. The third-order valence-electron chi connectivity index (χ3n) is 3.19. The van der Waals surface area contributed by atoms with E-state index in [0.717, 1.165) is 0 Å². The first-order chi connectivity index (χ1) is 6.30. The van der Waals surface area contributed by atoms with Crippen LogP contribution in [0.1, 0.15) is 24.8 Å². The van der Waals surface area contributed by atoms with Crippen LogP contribution in [0.5, 0.6) is 0 Å². The molecule has 0 radical (unpaired) electrons. The zero-order valence-electron chi connectivity index (χ0n) is 7.26. The Bertz CT molecular complexity index is 391. The molecule has 0 aromatic heterocycles. The van der Waals surface area contributed by atoms with Crippen molar-refractivity contribution >= 4 is 27.8 Å². The van der Waals surface area contributed by atoms with E-state index in [0.29, 0.717) is 5.41 Å². The number of fused-ring (bicyclic) bond motifs is 2. The molecule has 0 atom stereocenters. The number of benzene rings is 1. The molecule has 1 aromatic rings. The van der Waals surface area contributed by atoms with Gasteiger partial charge in [-0.3, -0.25) is 4.99 Å². The summed E-state index contributed by atoms with van der Waals surface area (Å²) in [5.74, 6) is 0. The Hall–Kier alpha value is -0.630. The summed E-state index contributed by atoms with van der Waals surface area (Å²) in [6, 6.07) is 6.39. The van der Waals surface area contributed by atoms with Gasteiger partial charge in [0, 0.05) is 16.1 Å². The SMILES string of the molecule is Brc1ccc2c(c1)C1(C=N2)CCC1. The van der Waals surface area contributed by atoms with Gasteiger partial charge in [-0.25, -0.2) is 0 Å². The Kier molecular flexibility index (Phi) is 1.46. The summed E-state index contributed by atoms with van der Waals surface area (Å²) in [6.45, 7) is 0. The lowest BCUT2D eigenvalue weighted by atomic mass is 9.66. The Morgan fingerprint density at radius 1 is 1.31 bits per heavy atom. The van der Waals surface area contributed by atoms with Crippen molar-refractivity contribution in [3.63, 3.8) is 0 Å². The van der Waals surface area contributed by atoms with Crippen LogP contribution in [-0.2, 0) is 5.41 Å². The Balaban J connectivity index is 2.18. The minimum atomic E-state index is 0.319. The first-order valence-corrected chi connectivity index (χ1v) is 5.45. The highest BCUT2D eigenvalue weighted by atomic mass is 79.9.